The minimum atomic E-state index is -3.58. The maximum absolute atomic E-state index is 13.2. The predicted molar refractivity (Wildman–Crippen MR) is 141 cm³/mol. The van der Waals surface area contributed by atoms with Crippen molar-refractivity contribution < 1.29 is 22.7 Å². The van der Waals surface area contributed by atoms with Crippen molar-refractivity contribution in [1.29, 1.82) is 0 Å². The molecule has 1 aromatic heterocycles. The molecule has 0 bridgehead atoms. The van der Waals surface area contributed by atoms with Crippen molar-refractivity contribution >= 4 is 27.3 Å². The minimum Gasteiger partial charge on any atom is -0.497 e. The fraction of sp³-hybridized carbons (Fsp3) is 0.370. The summed E-state index contributed by atoms with van der Waals surface area (Å²) in [6, 6.07) is 18.4. The van der Waals surface area contributed by atoms with Gasteiger partial charge in [0.15, 0.2) is 0 Å². The van der Waals surface area contributed by atoms with E-state index in [0.717, 1.165) is 23.5 Å². The van der Waals surface area contributed by atoms with Crippen molar-refractivity contribution in [3.8, 4) is 11.5 Å². The van der Waals surface area contributed by atoms with Crippen LogP contribution in [-0.4, -0.2) is 44.9 Å². The van der Waals surface area contributed by atoms with Crippen LogP contribution < -0.4 is 14.8 Å². The van der Waals surface area contributed by atoms with Crippen molar-refractivity contribution in [1.82, 2.24) is 9.62 Å². The second-order valence-electron chi connectivity index (χ2n) is 8.75. The number of aryl methyl sites for hydroxylation is 1. The van der Waals surface area contributed by atoms with Crippen molar-refractivity contribution in [2.45, 2.75) is 49.5 Å². The molecule has 0 aliphatic carbocycles. The minimum absolute atomic E-state index is 0.000883. The van der Waals surface area contributed by atoms with E-state index >= 15 is 0 Å². The summed E-state index contributed by atoms with van der Waals surface area (Å²) in [4.78, 5) is 13.2. The molecule has 1 aliphatic heterocycles. The van der Waals surface area contributed by atoms with Crippen molar-refractivity contribution in [2.24, 2.45) is 0 Å². The van der Waals surface area contributed by atoms with E-state index in [4.69, 9.17) is 9.47 Å². The summed E-state index contributed by atoms with van der Waals surface area (Å²) in [6.45, 7) is 3.24. The molecule has 36 heavy (non-hydrogen) atoms. The van der Waals surface area contributed by atoms with Crippen LogP contribution in [0, 0.1) is 0 Å². The van der Waals surface area contributed by atoms with Gasteiger partial charge in [-0.2, -0.15) is 4.31 Å². The lowest BCUT2D eigenvalue weighted by molar-refractivity contribution is 0.0951. The van der Waals surface area contributed by atoms with Gasteiger partial charge in [-0.3, -0.25) is 4.79 Å². The Morgan fingerprint density at radius 3 is 2.56 bits per heavy atom. The van der Waals surface area contributed by atoms with Gasteiger partial charge in [-0.1, -0.05) is 31.5 Å². The van der Waals surface area contributed by atoms with Crippen LogP contribution >= 0.6 is 11.3 Å². The van der Waals surface area contributed by atoms with E-state index in [9.17, 15) is 13.2 Å². The molecule has 1 saturated heterocycles. The van der Waals surface area contributed by atoms with Crippen LogP contribution in [-0.2, 0) is 23.0 Å². The van der Waals surface area contributed by atoms with Crippen LogP contribution in [0.2, 0.25) is 0 Å². The quantitative estimate of drug-likeness (QED) is 0.406. The summed E-state index contributed by atoms with van der Waals surface area (Å²) in [7, 11) is -2.04. The Balaban J connectivity index is 1.31. The molecule has 0 radical (unpaired) electrons. The summed E-state index contributed by atoms with van der Waals surface area (Å²) in [5.41, 5.74) is 1.74. The van der Waals surface area contributed by atoms with E-state index in [2.05, 4.69) is 24.4 Å². The number of benzene rings is 2. The number of sulfonamides is 1. The van der Waals surface area contributed by atoms with Gasteiger partial charge >= 0.3 is 0 Å². The van der Waals surface area contributed by atoms with Gasteiger partial charge in [-0.15, -0.1) is 11.3 Å². The van der Waals surface area contributed by atoms with E-state index < -0.39 is 10.0 Å². The number of nitrogens with one attached hydrogen (secondary N) is 1. The molecule has 2 aromatic carbocycles. The first-order chi connectivity index (χ1) is 17.4. The molecule has 0 unspecified atom stereocenters. The zero-order valence-corrected chi connectivity index (χ0v) is 22.2. The maximum atomic E-state index is 13.2. The molecule has 1 N–H and O–H groups in total. The van der Waals surface area contributed by atoms with Gasteiger partial charge < -0.3 is 14.8 Å². The zero-order chi connectivity index (χ0) is 25.5. The van der Waals surface area contributed by atoms with Gasteiger partial charge in [0, 0.05) is 23.5 Å². The standard InChI is InChI=1S/C27H32N2O5S2/c1-3-6-20-7-4-10-24(17-20)34-22-13-15-29(16-14-22)36(31,32)26-12-11-25(35-26)19-28-27(30)21-8-5-9-23(18-21)33-2/h4-5,7-12,17-18,22H,3,6,13-16,19H2,1-2H3,(H,28,30). The smallest absolute Gasteiger partial charge is 0.252 e. The lowest BCUT2D eigenvalue weighted by Crippen LogP contribution is -2.41. The molecule has 2 heterocycles. The Hall–Kier alpha value is -2.88. The average Bonchev–Trinajstić information content (AvgIpc) is 3.38. The van der Waals surface area contributed by atoms with Crippen LogP contribution in [0.15, 0.2) is 64.9 Å². The Morgan fingerprint density at radius 2 is 1.81 bits per heavy atom. The fourth-order valence-corrected chi connectivity index (χ4v) is 7.12. The first-order valence-corrected chi connectivity index (χ1v) is 14.4. The molecule has 7 nitrogen and oxygen atoms in total. The second kappa shape index (κ2) is 11.9. The largest absolute Gasteiger partial charge is 0.497 e. The molecule has 1 fully saturated rings. The number of amides is 1. The van der Waals surface area contributed by atoms with Gasteiger partial charge in [-0.25, -0.2) is 8.42 Å². The number of carbonyl (C=O) groups excluding carboxylic acids is 1. The number of carbonyl (C=O) groups is 1. The fourth-order valence-electron chi connectivity index (χ4n) is 4.20. The molecule has 4 rings (SSSR count). The number of nitrogens with zero attached hydrogens (tertiary/aromatic N) is 1. The van der Waals surface area contributed by atoms with Gasteiger partial charge in [0.05, 0.1) is 13.7 Å². The number of rotatable bonds is 10. The van der Waals surface area contributed by atoms with Crippen molar-refractivity contribution in [3.05, 3.63) is 76.7 Å². The molecule has 0 spiro atoms. The van der Waals surface area contributed by atoms with Gasteiger partial charge in [-0.05, 0) is 67.3 Å². The van der Waals surface area contributed by atoms with Crippen molar-refractivity contribution in [2.75, 3.05) is 20.2 Å². The number of hydrogen-bond acceptors (Lipinski definition) is 6. The van der Waals surface area contributed by atoms with E-state index in [1.165, 1.54) is 21.2 Å². The molecule has 0 saturated carbocycles. The molecule has 3 aromatic rings. The normalized spacial score (nSPS) is 14.9. The Kier molecular flexibility index (Phi) is 8.66. The third-order valence-corrected chi connectivity index (χ3v) is 9.58. The molecule has 9 heteroatoms. The summed E-state index contributed by atoms with van der Waals surface area (Å²) < 4.78 is 39.5. The van der Waals surface area contributed by atoms with E-state index in [-0.39, 0.29) is 18.6 Å². The number of hydrogen-bond donors (Lipinski definition) is 1. The first kappa shape index (κ1) is 26.2. The Labute approximate surface area is 217 Å². The van der Waals surface area contributed by atoms with Gasteiger partial charge in [0.2, 0.25) is 0 Å². The summed E-state index contributed by atoms with van der Waals surface area (Å²) in [5.74, 6) is 1.21. The monoisotopic (exact) mass is 528 g/mol. The Morgan fingerprint density at radius 1 is 1.06 bits per heavy atom. The molecular formula is C27H32N2O5S2. The molecule has 1 amide bonds. The highest BCUT2D eigenvalue weighted by atomic mass is 32.2. The molecule has 0 atom stereocenters. The van der Waals surface area contributed by atoms with Gasteiger partial charge in [0.25, 0.3) is 15.9 Å². The number of piperidine rings is 1. The zero-order valence-electron chi connectivity index (χ0n) is 20.6. The van der Waals surface area contributed by atoms with E-state index in [1.807, 2.05) is 12.1 Å². The van der Waals surface area contributed by atoms with Gasteiger partial charge in [0.1, 0.15) is 21.8 Å². The lowest BCUT2D eigenvalue weighted by atomic mass is 10.1. The van der Waals surface area contributed by atoms with Crippen LogP contribution in [0.4, 0.5) is 0 Å². The maximum Gasteiger partial charge on any atom is 0.252 e. The van der Waals surface area contributed by atoms with Crippen LogP contribution in [0.3, 0.4) is 0 Å². The summed E-state index contributed by atoms with van der Waals surface area (Å²) in [6.07, 6.45) is 3.39. The Bertz CT molecular complexity index is 1280. The van der Waals surface area contributed by atoms with Crippen molar-refractivity contribution in [3.63, 3.8) is 0 Å². The predicted octanol–water partition coefficient (Wildman–Crippen LogP) is 4.87. The number of thiophene rings is 1. The van der Waals surface area contributed by atoms with Crippen LogP contribution in [0.25, 0.3) is 0 Å². The number of methoxy groups -OCH3 is 1. The highest BCUT2D eigenvalue weighted by molar-refractivity contribution is 7.91. The highest BCUT2D eigenvalue weighted by Crippen LogP contribution is 2.28. The third kappa shape index (κ3) is 6.46. The highest BCUT2D eigenvalue weighted by Gasteiger charge is 2.31. The molecule has 1 aliphatic rings. The molecular weight excluding hydrogens is 496 g/mol. The molecule has 192 valence electrons. The number of ether oxygens (including phenoxy) is 2. The second-order valence-corrected chi connectivity index (χ2v) is 12.1. The summed E-state index contributed by atoms with van der Waals surface area (Å²) in [5, 5.41) is 2.84. The lowest BCUT2D eigenvalue weighted by Gasteiger charge is -2.31. The van der Waals surface area contributed by atoms with E-state index in [0.29, 0.717) is 41.5 Å². The third-order valence-electron chi connectivity index (χ3n) is 6.13. The summed E-state index contributed by atoms with van der Waals surface area (Å²) >= 11 is 1.19. The topological polar surface area (TPSA) is 84.9 Å². The average molecular weight is 529 g/mol. The first-order valence-electron chi connectivity index (χ1n) is 12.2. The SMILES string of the molecule is CCCc1cccc(OC2CCN(S(=O)(=O)c3ccc(CNC(=O)c4cccc(OC)c4)s3)CC2)c1. The van der Waals surface area contributed by atoms with E-state index in [1.54, 1.807) is 43.5 Å². The van der Waals surface area contributed by atoms with Crippen LogP contribution in [0.1, 0.15) is 47.0 Å². The van der Waals surface area contributed by atoms with Crippen LogP contribution in [0.5, 0.6) is 11.5 Å².